The normalized spacial score (nSPS) is 11.4. The first-order chi connectivity index (χ1) is 11.8. The minimum absolute atomic E-state index is 0.0301. The van der Waals surface area contributed by atoms with E-state index >= 15 is 0 Å². The molecule has 0 aliphatic heterocycles. The smallest absolute Gasteiger partial charge is 0.320 e. The van der Waals surface area contributed by atoms with Crippen LogP contribution in [0.4, 0.5) is 18.9 Å². The Bertz CT molecular complexity index is 895. The van der Waals surface area contributed by atoms with Crippen LogP contribution in [0.25, 0.3) is 5.69 Å². The molecule has 3 rings (SSSR count). The Labute approximate surface area is 144 Å². The summed E-state index contributed by atoms with van der Waals surface area (Å²) in [6.45, 7) is 0. The van der Waals surface area contributed by atoms with Crippen LogP contribution in [0.2, 0.25) is 5.02 Å². The van der Waals surface area contributed by atoms with E-state index in [4.69, 9.17) is 11.6 Å². The molecule has 0 aliphatic carbocycles. The van der Waals surface area contributed by atoms with E-state index in [0.29, 0.717) is 16.4 Å². The number of pyridine rings is 1. The molecule has 0 unspecified atom stereocenters. The van der Waals surface area contributed by atoms with Gasteiger partial charge in [-0.3, -0.25) is 9.78 Å². The summed E-state index contributed by atoms with van der Waals surface area (Å²) >= 11 is 5.94. The van der Waals surface area contributed by atoms with E-state index in [2.05, 4.69) is 20.4 Å². The van der Waals surface area contributed by atoms with Crippen molar-refractivity contribution in [3.05, 3.63) is 65.5 Å². The number of alkyl halides is 3. The van der Waals surface area contributed by atoms with Gasteiger partial charge in [0.15, 0.2) is 0 Å². The van der Waals surface area contributed by atoms with Gasteiger partial charge in [0.2, 0.25) is 0 Å². The van der Waals surface area contributed by atoms with E-state index in [-0.39, 0.29) is 5.56 Å². The van der Waals surface area contributed by atoms with Crippen LogP contribution in [0.1, 0.15) is 16.1 Å². The fourth-order valence-electron chi connectivity index (χ4n) is 2.03. The largest absolute Gasteiger partial charge is 0.433 e. The Hall–Kier alpha value is -2.94. The summed E-state index contributed by atoms with van der Waals surface area (Å²) in [5, 5.41) is 6.92. The van der Waals surface area contributed by atoms with Crippen molar-refractivity contribution in [2.75, 3.05) is 5.32 Å². The number of hydrogen-bond donors (Lipinski definition) is 1. The molecule has 0 saturated heterocycles. The fourth-order valence-corrected chi connectivity index (χ4v) is 2.20. The van der Waals surface area contributed by atoms with Crippen LogP contribution in [0.3, 0.4) is 0 Å². The first-order valence-corrected chi connectivity index (χ1v) is 7.21. The Morgan fingerprint density at radius 1 is 1.20 bits per heavy atom. The van der Waals surface area contributed by atoms with Gasteiger partial charge in [-0.25, -0.2) is 9.67 Å². The van der Waals surface area contributed by atoms with E-state index in [1.807, 2.05) is 0 Å². The lowest BCUT2D eigenvalue weighted by atomic mass is 10.2. The van der Waals surface area contributed by atoms with E-state index in [0.717, 1.165) is 18.3 Å². The lowest BCUT2D eigenvalue weighted by Crippen LogP contribution is -2.15. The van der Waals surface area contributed by atoms with Gasteiger partial charge in [0.05, 0.1) is 16.9 Å². The molecular weight excluding hydrogens is 359 g/mol. The van der Waals surface area contributed by atoms with Gasteiger partial charge in [-0.15, -0.1) is 0 Å². The molecule has 2 heterocycles. The molecule has 10 heteroatoms. The third-order valence-electron chi connectivity index (χ3n) is 3.19. The monoisotopic (exact) mass is 367 g/mol. The maximum atomic E-state index is 12.5. The number of anilines is 1. The predicted molar refractivity (Wildman–Crippen MR) is 83.6 cm³/mol. The zero-order valence-corrected chi connectivity index (χ0v) is 13.1. The van der Waals surface area contributed by atoms with Crippen LogP contribution in [-0.4, -0.2) is 25.7 Å². The maximum Gasteiger partial charge on any atom is 0.433 e. The zero-order valence-electron chi connectivity index (χ0n) is 12.3. The van der Waals surface area contributed by atoms with Crippen LogP contribution < -0.4 is 5.32 Å². The average Bonchev–Trinajstić information content (AvgIpc) is 3.08. The molecule has 0 saturated carbocycles. The van der Waals surface area contributed by atoms with Crippen molar-refractivity contribution in [2.45, 2.75) is 6.18 Å². The molecule has 0 bridgehead atoms. The fraction of sp³-hybridized carbons (Fsp3) is 0.0667. The second-order valence-electron chi connectivity index (χ2n) is 4.89. The van der Waals surface area contributed by atoms with E-state index < -0.39 is 17.8 Å². The number of aromatic nitrogens is 4. The molecule has 0 radical (unpaired) electrons. The van der Waals surface area contributed by atoms with Gasteiger partial charge < -0.3 is 5.32 Å². The molecule has 0 aliphatic rings. The van der Waals surface area contributed by atoms with E-state index in [1.54, 1.807) is 12.1 Å². The number of nitrogens with zero attached hydrogens (tertiary/aromatic N) is 4. The highest BCUT2D eigenvalue weighted by molar-refractivity contribution is 6.31. The number of carbonyl (C=O) groups excluding carboxylic acids is 1. The molecule has 0 fully saturated rings. The SMILES string of the molecule is O=C(Nc1cc(Cl)ccc1-n1cncn1)c1ccc(C(F)(F)F)nc1. The summed E-state index contributed by atoms with van der Waals surface area (Å²) in [4.78, 5) is 19.4. The summed E-state index contributed by atoms with van der Waals surface area (Å²) in [6, 6.07) is 6.51. The van der Waals surface area contributed by atoms with Crippen molar-refractivity contribution >= 4 is 23.2 Å². The molecule has 0 atom stereocenters. The lowest BCUT2D eigenvalue weighted by molar-refractivity contribution is -0.141. The van der Waals surface area contributed by atoms with Crippen molar-refractivity contribution in [3.8, 4) is 5.69 Å². The van der Waals surface area contributed by atoms with Gasteiger partial charge in [-0.2, -0.15) is 18.3 Å². The second kappa shape index (κ2) is 6.52. The van der Waals surface area contributed by atoms with Gasteiger partial charge >= 0.3 is 6.18 Å². The number of benzene rings is 1. The summed E-state index contributed by atoms with van der Waals surface area (Å²) in [7, 11) is 0. The third-order valence-corrected chi connectivity index (χ3v) is 3.42. The maximum absolute atomic E-state index is 12.5. The van der Waals surface area contributed by atoms with Crippen molar-refractivity contribution in [2.24, 2.45) is 0 Å². The van der Waals surface area contributed by atoms with Crippen LogP contribution in [0.5, 0.6) is 0 Å². The van der Waals surface area contributed by atoms with Crippen LogP contribution in [0, 0.1) is 0 Å². The summed E-state index contributed by atoms with van der Waals surface area (Å²) in [6.07, 6.45) is -0.960. The second-order valence-corrected chi connectivity index (χ2v) is 5.32. The highest BCUT2D eigenvalue weighted by Gasteiger charge is 2.32. The lowest BCUT2D eigenvalue weighted by Gasteiger charge is -2.12. The van der Waals surface area contributed by atoms with Crippen molar-refractivity contribution in [1.29, 1.82) is 0 Å². The Kier molecular flexibility index (Phi) is 4.41. The molecule has 128 valence electrons. The molecule has 1 N–H and O–H groups in total. The number of carbonyl (C=O) groups is 1. The van der Waals surface area contributed by atoms with Crippen molar-refractivity contribution in [1.82, 2.24) is 19.7 Å². The third kappa shape index (κ3) is 3.77. The predicted octanol–water partition coefficient (Wildman–Crippen LogP) is 3.59. The van der Waals surface area contributed by atoms with Gasteiger partial charge in [-0.05, 0) is 30.3 Å². The highest BCUT2D eigenvalue weighted by atomic mass is 35.5. The average molecular weight is 368 g/mol. The molecule has 25 heavy (non-hydrogen) atoms. The van der Waals surface area contributed by atoms with Crippen molar-refractivity contribution < 1.29 is 18.0 Å². The van der Waals surface area contributed by atoms with E-state index in [9.17, 15) is 18.0 Å². The number of rotatable bonds is 3. The van der Waals surface area contributed by atoms with E-state index in [1.165, 1.54) is 23.4 Å². The molecule has 6 nitrogen and oxygen atoms in total. The molecule has 2 aromatic heterocycles. The number of halogens is 4. The first-order valence-electron chi connectivity index (χ1n) is 6.84. The molecule has 0 spiro atoms. The van der Waals surface area contributed by atoms with Crippen LogP contribution in [-0.2, 0) is 6.18 Å². The van der Waals surface area contributed by atoms with Gasteiger partial charge in [0, 0.05) is 11.2 Å². The van der Waals surface area contributed by atoms with Crippen LogP contribution >= 0.6 is 11.6 Å². The number of hydrogen-bond acceptors (Lipinski definition) is 4. The van der Waals surface area contributed by atoms with Gasteiger partial charge in [0.1, 0.15) is 18.3 Å². The summed E-state index contributed by atoms with van der Waals surface area (Å²) < 4.78 is 39.0. The molecule has 3 aromatic rings. The van der Waals surface area contributed by atoms with Gasteiger partial charge in [-0.1, -0.05) is 11.6 Å². The molecule has 1 aromatic carbocycles. The first kappa shape index (κ1) is 16.9. The Morgan fingerprint density at radius 3 is 2.60 bits per heavy atom. The Morgan fingerprint density at radius 2 is 2.00 bits per heavy atom. The van der Waals surface area contributed by atoms with Crippen LogP contribution in [0.15, 0.2) is 49.2 Å². The Balaban J connectivity index is 1.87. The van der Waals surface area contributed by atoms with Gasteiger partial charge in [0.25, 0.3) is 5.91 Å². The quantitative estimate of drug-likeness (QED) is 0.768. The number of amides is 1. The number of nitrogens with one attached hydrogen (secondary N) is 1. The minimum atomic E-state index is -4.57. The summed E-state index contributed by atoms with van der Waals surface area (Å²) in [5.41, 5.74) is -0.286. The molecule has 1 amide bonds. The molecular formula is C15H9ClF3N5O. The topological polar surface area (TPSA) is 72.7 Å². The minimum Gasteiger partial charge on any atom is -0.320 e. The highest BCUT2D eigenvalue weighted by Crippen LogP contribution is 2.28. The summed E-state index contributed by atoms with van der Waals surface area (Å²) in [5.74, 6) is -0.634. The van der Waals surface area contributed by atoms with Crippen molar-refractivity contribution in [3.63, 3.8) is 0 Å². The standard InChI is InChI=1S/C15H9ClF3N5O/c16-10-2-3-12(24-8-20-7-22-24)11(5-10)23-14(25)9-1-4-13(21-6-9)15(17,18)19/h1-8H,(H,23,25). The zero-order chi connectivity index (χ0) is 18.0.